The minimum Gasteiger partial charge on any atom is -0.465 e. The van der Waals surface area contributed by atoms with Gasteiger partial charge in [0.25, 0.3) is 15.9 Å². The molecule has 0 aromatic carbocycles. The summed E-state index contributed by atoms with van der Waals surface area (Å²) in [6, 6.07) is 1.66. The summed E-state index contributed by atoms with van der Waals surface area (Å²) in [6.07, 6.45) is 1.03. The van der Waals surface area contributed by atoms with Gasteiger partial charge in [-0.25, -0.2) is 13.2 Å². The Labute approximate surface area is 198 Å². The van der Waals surface area contributed by atoms with Crippen molar-refractivity contribution in [2.45, 2.75) is 51.3 Å². The average Bonchev–Trinajstić information content (AvgIpc) is 3.36. The second kappa shape index (κ2) is 9.94. The summed E-state index contributed by atoms with van der Waals surface area (Å²) in [7, 11) is -1.15. The molecule has 0 atom stereocenters. The number of amides is 1. The number of carbonyl (C=O) groups excluding carboxylic acids is 2. The Morgan fingerprint density at radius 1 is 1.27 bits per heavy atom. The Morgan fingerprint density at radius 3 is 2.58 bits per heavy atom. The molecule has 3 heterocycles. The highest BCUT2D eigenvalue weighted by Gasteiger charge is 2.37. The maximum Gasteiger partial charge on any atom is 0.340 e. The van der Waals surface area contributed by atoms with Crippen molar-refractivity contribution in [2.75, 3.05) is 27.2 Å². The van der Waals surface area contributed by atoms with Crippen LogP contribution in [0, 0.1) is 11.8 Å². The standard InChI is InChI=1S/C22H31N3O6S2/c1-13(2)9-15-10-17(23-31-15)20(26)25-8-7-16-18(12-25)32-22(19(16)21(27)30-6)33(28,29)24(5)11-14(3)4/h10,13-14H,7-9,11-12H2,1-6H3. The largest absolute Gasteiger partial charge is 0.465 e. The van der Waals surface area contributed by atoms with Crippen molar-refractivity contribution in [1.29, 1.82) is 0 Å². The molecule has 2 aromatic heterocycles. The molecule has 0 bridgehead atoms. The van der Waals surface area contributed by atoms with Crippen molar-refractivity contribution < 1.29 is 27.3 Å². The van der Waals surface area contributed by atoms with E-state index >= 15 is 0 Å². The predicted octanol–water partition coefficient (Wildman–Crippen LogP) is 3.20. The molecule has 2 aromatic rings. The van der Waals surface area contributed by atoms with Crippen LogP contribution in [0.2, 0.25) is 0 Å². The molecule has 0 N–H and O–H groups in total. The van der Waals surface area contributed by atoms with Crippen LogP contribution in [0.3, 0.4) is 0 Å². The fraction of sp³-hybridized carbons (Fsp3) is 0.591. The molecule has 33 heavy (non-hydrogen) atoms. The zero-order valence-corrected chi connectivity index (χ0v) is 21.5. The van der Waals surface area contributed by atoms with Crippen molar-refractivity contribution in [3.8, 4) is 0 Å². The highest BCUT2D eigenvalue weighted by atomic mass is 32.2. The van der Waals surface area contributed by atoms with Crippen LogP contribution in [0.4, 0.5) is 0 Å². The Bertz CT molecular complexity index is 1130. The molecule has 0 fully saturated rings. The first-order chi connectivity index (χ1) is 15.4. The lowest BCUT2D eigenvalue weighted by Gasteiger charge is -2.26. The van der Waals surface area contributed by atoms with Gasteiger partial charge in [0.15, 0.2) is 5.69 Å². The smallest absolute Gasteiger partial charge is 0.340 e. The number of sulfonamides is 1. The second-order valence-electron chi connectivity index (χ2n) is 9.09. The van der Waals surface area contributed by atoms with Gasteiger partial charge in [0.05, 0.1) is 19.2 Å². The number of aromatic nitrogens is 1. The molecular formula is C22H31N3O6S2. The second-order valence-corrected chi connectivity index (χ2v) is 12.4. The van der Waals surface area contributed by atoms with Crippen LogP contribution in [0.25, 0.3) is 0 Å². The van der Waals surface area contributed by atoms with Gasteiger partial charge in [-0.05, 0) is 23.8 Å². The molecule has 182 valence electrons. The number of thiophene rings is 1. The van der Waals surface area contributed by atoms with Crippen molar-refractivity contribution in [2.24, 2.45) is 11.8 Å². The zero-order chi connectivity index (χ0) is 24.5. The summed E-state index contributed by atoms with van der Waals surface area (Å²) in [6.45, 7) is 8.80. The third-order valence-corrected chi connectivity index (χ3v) is 8.89. The first-order valence-electron chi connectivity index (χ1n) is 10.9. The molecule has 1 amide bonds. The number of ether oxygens (including phenoxy) is 1. The van der Waals surface area contributed by atoms with Gasteiger partial charge < -0.3 is 14.2 Å². The van der Waals surface area contributed by atoms with Crippen LogP contribution in [0.5, 0.6) is 0 Å². The summed E-state index contributed by atoms with van der Waals surface area (Å²) in [5.41, 5.74) is 0.942. The normalized spacial score (nSPS) is 14.3. The number of hydrogen-bond acceptors (Lipinski definition) is 8. The monoisotopic (exact) mass is 497 g/mol. The van der Waals surface area contributed by atoms with Gasteiger partial charge in [0, 0.05) is 37.5 Å². The number of methoxy groups -OCH3 is 1. The molecule has 0 radical (unpaired) electrons. The molecule has 0 saturated carbocycles. The van der Waals surface area contributed by atoms with Crippen molar-refractivity contribution in [3.05, 3.63) is 33.5 Å². The highest BCUT2D eigenvalue weighted by molar-refractivity contribution is 7.91. The lowest BCUT2D eigenvalue weighted by atomic mass is 10.0. The first kappa shape index (κ1) is 25.4. The molecule has 0 aliphatic carbocycles. The predicted molar refractivity (Wildman–Crippen MR) is 124 cm³/mol. The number of fused-ring (bicyclic) bond motifs is 1. The Kier molecular flexibility index (Phi) is 7.65. The van der Waals surface area contributed by atoms with Gasteiger partial charge in [-0.15, -0.1) is 11.3 Å². The summed E-state index contributed by atoms with van der Waals surface area (Å²) >= 11 is 1.03. The van der Waals surface area contributed by atoms with E-state index < -0.39 is 16.0 Å². The van der Waals surface area contributed by atoms with Crippen LogP contribution in [-0.4, -0.2) is 61.9 Å². The van der Waals surface area contributed by atoms with Crippen molar-refractivity contribution in [1.82, 2.24) is 14.4 Å². The number of rotatable bonds is 8. The number of nitrogens with zero attached hydrogens (tertiary/aromatic N) is 3. The molecule has 0 unspecified atom stereocenters. The van der Waals surface area contributed by atoms with E-state index in [-0.39, 0.29) is 33.8 Å². The fourth-order valence-corrected chi connectivity index (χ4v) is 7.30. The topological polar surface area (TPSA) is 110 Å². The maximum atomic E-state index is 13.3. The average molecular weight is 498 g/mol. The Hall–Kier alpha value is -2.24. The van der Waals surface area contributed by atoms with E-state index in [1.807, 2.05) is 13.8 Å². The number of carbonyl (C=O) groups is 2. The Morgan fingerprint density at radius 2 is 1.97 bits per heavy atom. The van der Waals surface area contributed by atoms with E-state index in [2.05, 4.69) is 19.0 Å². The van der Waals surface area contributed by atoms with Crippen LogP contribution in [0.15, 0.2) is 14.8 Å². The molecule has 11 heteroatoms. The van der Waals surface area contributed by atoms with E-state index in [1.54, 1.807) is 11.0 Å². The van der Waals surface area contributed by atoms with E-state index in [1.165, 1.54) is 18.5 Å². The van der Waals surface area contributed by atoms with Gasteiger partial charge in [-0.1, -0.05) is 32.9 Å². The minimum atomic E-state index is -3.89. The minimum absolute atomic E-state index is 0.0301. The third kappa shape index (κ3) is 5.30. The lowest BCUT2D eigenvalue weighted by Crippen LogP contribution is -2.36. The summed E-state index contributed by atoms with van der Waals surface area (Å²) in [5, 5.41) is 3.92. The van der Waals surface area contributed by atoms with Crippen LogP contribution in [0.1, 0.15) is 64.7 Å². The van der Waals surface area contributed by atoms with E-state index in [0.717, 1.165) is 11.3 Å². The van der Waals surface area contributed by atoms with Gasteiger partial charge in [-0.2, -0.15) is 4.31 Å². The fourth-order valence-electron chi connectivity index (χ4n) is 3.87. The SMILES string of the molecule is COC(=O)c1c(S(=O)(=O)N(C)CC(C)C)sc2c1CCN(C(=O)c1cc(CC(C)C)on1)C2. The molecule has 1 aliphatic rings. The van der Waals surface area contributed by atoms with E-state index in [4.69, 9.17) is 9.26 Å². The van der Waals surface area contributed by atoms with Crippen molar-refractivity contribution in [3.63, 3.8) is 0 Å². The quantitative estimate of drug-likeness (QED) is 0.515. The molecule has 1 aliphatic heterocycles. The third-order valence-electron chi connectivity index (χ3n) is 5.36. The van der Waals surface area contributed by atoms with Gasteiger partial charge in [-0.3, -0.25) is 4.79 Å². The van der Waals surface area contributed by atoms with Crippen LogP contribution in [-0.2, 0) is 34.1 Å². The van der Waals surface area contributed by atoms with E-state index in [0.29, 0.717) is 48.0 Å². The van der Waals surface area contributed by atoms with Gasteiger partial charge >= 0.3 is 5.97 Å². The number of esters is 1. The molecule has 3 rings (SSSR count). The van der Waals surface area contributed by atoms with E-state index in [9.17, 15) is 18.0 Å². The molecule has 9 nitrogen and oxygen atoms in total. The van der Waals surface area contributed by atoms with Gasteiger partial charge in [0.2, 0.25) is 0 Å². The molecular weight excluding hydrogens is 466 g/mol. The van der Waals surface area contributed by atoms with Crippen LogP contribution >= 0.6 is 11.3 Å². The molecule has 0 spiro atoms. The summed E-state index contributed by atoms with van der Waals surface area (Å²) in [5.74, 6) is 0.178. The Balaban J connectivity index is 1.92. The number of hydrogen-bond donors (Lipinski definition) is 0. The maximum absolute atomic E-state index is 13.3. The highest BCUT2D eigenvalue weighted by Crippen LogP contribution is 2.38. The lowest BCUT2D eigenvalue weighted by molar-refractivity contribution is 0.0595. The summed E-state index contributed by atoms with van der Waals surface area (Å²) in [4.78, 5) is 27.9. The van der Waals surface area contributed by atoms with Gasteiger partial charge in [0.1, 0.15) is 9.97 Å². The van der Waals surface area contributed by atoms with Crippen LogP contribution < -0.4 is 0 Å². The van der Waals surface area contributed by atoms with Crippen molar-refractivity contribution >= 4 is 33.2 Å². The summed E-state index contributed by atoms with van der Waals surface area (Å²) < 4.78 is 38.0. The molecule has 0 saturated heterocycles. The zero-order valence-electron chi connectivity index (χ0n) is 19.9. The first-order valence-corrected chi connectivity index (χ1v) is 13.1.